The van der Waals surface area contributed by atoms with Crippen molar-refractivity contribution in [1.82, 2.24) is 14.9 Å². The number of esters is 1. The molecular formula is C23H22F2N4O3. The van der Waals surface area contributed by atoms with Crippen molar-refractivity contribution in [2.45, 2.75) is 25.3 Å². The van der Waals surface area contributed by atoms with Gasteiger partial charge in [0.2, 0.25) is 0 Å². The molecule has 1 saturated heterocycles. The second-order valence-electron chi connectivity index (χ2n) is 7.61. The standard InChI is InChI=1S/C23H22F2N4O3/c1-32-23(31)15-6-4-5-14(9-15)22(30)29-8-3-2-7-16(29)12-27-21-13-26-19-10-17(24)18(25)11-20(19)28-21/h4-6,9-11,13,16H,2-3,7-8,12H2,1H3,(H,27,28). The van der Waals surface area contributed by atoms with Crippen molar-refractivity contribution in [2.75, 3.05) is 25.5 Å². The fourth-order valence-electron chi connectivity index (χ4n) is 3.86. The number of ether oxygens (including phenoxy) is 1. The molecule has 4 rings (SSSR count). The first-order valence-corrected chi connectivity index (χ1v) is 10.3. The Balaban J connectivity index is 1.49. The topological polar surface area (TPSA) is 84.4 Å². The average molecular weight is 440 g/mol. The first-order valence-electron chi connectivity index (χ1n) is 10.3. The molecule has 0 spiro atoms. The highest BCUT2D eigenvalue weighted by Gasteiger charge is 2.28. The van der Waals surface area contributed by atoms with Gasteiger partial charge in [-0.25, -0.2) is 18.6 Å². The zero-order valence-corrected chi connectivity index (χ0v) is 17.5. The number of hydrogen-bond donors (Lipinski definition) is 1. The molecule has 1 unspecified atom stereocenters. The molecule has 0 saturated carbocycles. The number of nitrogens with zero attached hydrogens (tertiary/aromatic N) is 3. The van der Waals surface area contributed by atoms with E-state index in [0.717, 1.165) is 31.4 Å². The number of piperidine rings is 1. The van der Waals surface area contributed by atoms with Gasteiger partial charge in [0.25, 0.3) is 5.91 Å². The van der Waals surface area contributed by atoms with Crippen LogP contribution in [-0.4, -0.2) is 53.0 Å². The molecule has 0 radical (unpaired) electrons. The summed E-state index contributed by atoms with van der Waals surface area (Å²) in [6.07, 6.45) is 4.12. The Morgan fingerprint density at radius 1 is 1.12 bits per heavy atom. The summed E-state index contributed by atoms with van der Waals surface area (Å²) in [4.78, 5) is 35.2. The van der Waals surface area contributed by atoms with Gasteiger partial charge in [-0.05, 0) is 37.5 Å². The van der Waals surface area contributed by atoms with Crippen LogP contribution in [0.5, 0.6) is 0 Å². The predicted molar refractivity (Wildman–Crippen MR) is 114 cm³/mol. The SMILES string of the molecule is COC(=O)c1cccc(C(=O)N2CCCCC2CNc2cnc3cc(F)c(F)cc3n2)c1. The summed E-state index contributed by atoms with van der Waals surface area (Å²) in [5.41, 5.74) is 1.24. The number of hydrogen-bond acceptors (Lipinski definition) is 6. The maximum Gasteiger partial charge on any atom is 0.337 e. The minimum absolute atomic E-state index is 0.0968. The number of fused-ring (bicyclic) bond motifs is 1. The van der Waals surface area contributed by atoms with E-state index in [1.54, 1.807) is 23.1 Å². The lowest BCUT2D eigenvalue weighted by Gasteiger charge is -2.36. The van der Waals surface area contributed by atoms with Crippen LogP contribution in [0.25, 0.3) is 11.0 Å². The minimum atomic E-state index is -0.984. The molecule has 9 heteroatoms. The van der Waals surface area contributed by atoms with Crippen molar-refractivity contribution in [3.8, 4) is 0 Å². The number of halogens is 2. The number of amides is 1. The van der Waals surface area contributed by atoms with Gasteiger partial charge >= 0.3 is 5.97 Å². The Hall–Kier alpha value is -3.62. The van der Waals surface area contributed by atoms with Crippen molar-refractivity contribution in [1.29, 1.82) is 0 Å². The molecule has 1 fully saturated rings. The summed E-state index contributed by atoms with van der Waals surface area (Å²) >= 11 is 0. The monoisotopic (exact) mass is 440 g/mol. The lowest BCUT2D eigenvalue weighted by molar-refractivity contribution is 0.0600. The number of likely N-dealkylation sites (tertiary alicyclic amines) is 1. The van der Waals surface area contributed by atoms with E-state index in [9.17, 15) is 18.4 Å². The fourth-order valence-corrected chi connectivity index (χ4v) is 3.86. The van der Waals surface area contributed by atoms with Crippen LogP contribution in [-0.2, 0) is 4.74 Å². The van der Waals surface area contributed by atoms with Crippen LogP contribution < -0.4 is 5.32 Å². The molecule has 3 aromatic rings. The molecule has 166 valence electrons. The molecule has 2 heterocycles. The van der Waals surface area contributed by atoms with Gasteiger partial charge in [-0.15, -0.1) is 0 Å². The van der Waals surface area contributed by atoms with Crippen LogP contribution in [0.2, 0.25) is 0 Å². The van der Waals surface area contributed by atoms with E-state index >= 15 is 0 Å². The van der Waals surface area contributed by atoms with Gasteiger partial charge in [0.05, 0.1) is 29.9 Å². The Bertz CT molecular complexity index is 1170. The largest absolute Gasteiger partial charge is 0.465 e. The molecular weight excluding hydrogens is 418 g/mol. The number of benzene rings is 2. The maximum atomic E-state index is 13.5. The number of anilines is 1. The summed E-state index contributed by atoms with van der Waals surface area (Å²) in [6, 6.07) is 8.39. The molecule has 1 aromatic heterocycles. The van der Waals surface area contributed by atoms with E-state index in [1.165, 1.54) is 19.4 Å². The Morgan fingerprint density at radius 2 is 1.88 bits per heavy atom. The predicted octanol–water partition coefficient (Wildman–Crippen LogP) is 3.80. The fraction of sp³-hybridized carbons (Fsp3) is 0.304. The van der Waals surface area contributed by atoms with Gasteiger partial charge in [0.1, 0.15) is 5.82 Å². The van der Waals surface area contributed by atoms with Crippen molar-refractivity contribution < 1.29 is 23.1 Å². The normalized spacial score (nSPS) is 16.1. The first-order chi connectivity index (χ1) is 15.5. The summed E-state index contributed by atoms with van der Waals surface area (Å²) in [5, 5.41) is 3.16. The molecule has 1 atom stereocenters. The Kier molecular flexibility index (Phi) is 6.25. The van der Waals surface area contributed by atoms with E-state index in [-0.39, 0.29) is 23.0 Å². The quantitative estimate of drug-likeness (QED) is 0.608. The molecule has 7 nitrogen and oxygen atoms in total. The van der Waals surface area contributed by atoms with Gasteiger partial charge < -0.3 is 15.0 Å². The minimum Gasteiger partial charge on any atom is -0.465 e. The zero-order valence-electron chi connectivity index (χ0n) is 17.5. The Labute approximate surface area is 183 Å². The van der Waals surface area contributed by atoms with Gasteiger partial charge in [-0.2, -0.15) is 0 Å². The van der Waals surface area contributed by atoms with Gasteiger partial charge in [-0.1, -0.05) is 6.07 Å². The molecule has 0 bridgehead atoms. The van der Waals surface area contributed by atoms with Crippen LogP contribution in [0.4, 0.5) is 14.6 Å². The number of nitrogens with one attached hydrogen (secondary N) is 1. The van der Waals surface area contributed by atoms with Crippen molar-refractivity contribution in [3.05, 3.63) is 65.4 Å². The van der Waals surface area contributed by atoms with E-state index in [1.807, 2.05) is 0 Å². The summed E-state index contributed by atoms with van der Waals surface area (Å²) in [6.45, 7) is 1.02. The van der Waals surface area contributed by atoms with Crippen LogP contribution in [0.15, 0.2) is 42.6 Å². The van der Waals surface area contributed by atoms with Crippen LogP contribution in [0.3, 0.4) is 0 Å². The van der Waals surface area contributed by atoms with Gasteiger partial charge in [0, 0.05) is 36.8 Å². The summed E-state index contributed by atoms with van der Waals surface area (Å²) in [7, 11) is 1.30. The third kappa shape index (κ3) is 4.51. The van der Waals surface area contributed by atoms with E-state index in [4.69, 9.17) is 4.74 Å². The Morgan fingerprint density at radius 3 is 2.66 bits per heavy atom. The second kappa shape index (κ2) is 9.25. The maximum absolute atomic E-state index is 13.5. The van der Waals surface area contributed by atoms with Gasteiger partial charge in [0.15, 0.2) is 11.6 Å². The molecule has 2 aromatic carbocycles. The summed E-state index contributed by atoms with van der Waals surface area (Å²) in [5.74, 6) is -2.21. The van der Waals surface area contributed by atoms with E-state index < -0.39 is 17.6 Å². The number of carbonyl (C=O) groups is 2. The van der Waals surface area contributed by atoms with E-state index in [2.05, 4.69) is 15.3 Å². The van der Waals surface area contributed by atoms with Crippen LogP contribution in [0.1, 0.15) is 40.0 Å². The zero-order chi connectivity index (χ0) is 22.7. The lowest BCUT2D eigenvalue weighted by Crippen LogP contribution is -2.47. The molecule has 1 amide bonds. The highest BCUT2D eigenvalue weighted by atomic mass is 19.2. The highest BCUT2D eigenvalue weighted by molar-refractivity contribution is 5.98. The van der Waals surface area contributed by atoms with Crippen LogP contribution >= 0.6 is 0 Å². The van der Waals surface area contributed by atoms with Crippen molar-refractivity contribution in [3.63, 3.8) is 0 Å². The van der Waals surface area contributed by atoms with Crippen molar-refractivity contribution in [2.24, 2.45) is 0 Å². The molecule has 32 heavy (non-hydrogen) atoms. The van der Waals surface area contributed by atoms with E-state index in [0.29, 0.717) is 30.0 Å². The molecule has 0 aliphatic carbocycles. The molecule has 1 aliphatic heterocycles. The number of aromatic nitrogens is 2. The van der Waals surface area contributed by atoms with Crippen molar-refractivity contribution >= 4 is 28.7 Å². The molecule has 1 aliphatic rings. The third-order valence-corrected chi connectivity index (χ3v) is 5.52. The lowest BCUT2D eigenvalue weighted by atomic mass is 10.00. The van der Waals surface area contributed by atoms with Gasteiger partial charge in [-0.3, -0.25) is 9.78 Å². The number of carbonyl (C=O) groups excluding carboxylic acids is 2. The number of rotatable bonds is 5. The first kappa shape index (κ1) is 21.6. The highest BCUT2D eigenvalue weighted by Crippen LogP contribution is 2.22. The average Bonchev–Trinajstić information content (AvgIpc) is 2.82. The third-order valence-electron chi connectivity index (χ3n) is 5.52. The second-order valence-corrected chi connectivity index (χ2v) is 7.61. The summed E-state index contributed by atoms with van der Waals surface area (Å²) < 4.78 is 31.6. The van der Waals surface area contributed by atoms with Crippen LogP contribution in [0, 0.1) is 11.6 Å². The molecule has 1 N–H and O–H groups in total. The number of methoxy groups -OCH3 is 1. The smallest absolute Gasteiger partial charge is 0.337 e.